The predicted molar refractivity (Wildman–Crippen MR) is 48.6 cm³/mol. The van der Waals surface area contributed by atoms with Crippen molar-refractivity contribution in [1.29, 1.82) is 0 Å². The summed E-state index contributed by atoms with van der Waals surface area (Å²) in [5.74, 6) is -2.15. The van der Waals surface area contributed by atoms with Gasteiger partial charge in [0.25, 0.3) is 5.91 Å². The SMILES string of the molecule is CCNC1(O)O[C@H](CO)[C@@H](O)[C@H](O)[C@H]1O. The third-order valence-electron chi connectivity index (χ3n) is 2.40. The number of nitrogens with one attached hydrogen (secondary N) is 1. The largest absolute Gasteiger partial charge is 0.394 e. The van der Waals surface area contributed by atoms with Crippen LogP contribution < -0.4 is 5.32 Å². The highest BCUT2D eigenvalue weighted by atomic mass is 16.7. The maximum atomic E-state index is 9.76. The van der Waals surface area contributed by atoms with Crippen LogP contribution in [-0.4, -0.2) is 69.0 Å². The van der Waals surface area contributed by atoms with Crippen molar-refractivity contribution >= 4 is 0 Å². The van der Waals surface area contributed by atoms with E-state index in [2.05, 4.69) is 5.32 Å². The van der Waals surface area contributed by atoms with Crippen molar-refractivity contribution in [3.05, 3.63) is 0 Å². The molecular weight excluding hydrogens is 206 g/mol. The quantitative estimate of drug-likeness (QED) is 0.277. The average molecular weight is 223 g/mol. The third kappa shape index (κ3) is 2.28. The minimum Gasteiger partial charge on any atom is -0.394 e. The lowest BCUT2D eigenvalue weighted by molar-refractivity contribution is -0.361. The first-order chi connectivity index (χ1) is 6.96. The number of likely N-dealkylation sites (N-methyl/N-ethyl adjacent to an activating group) is 1. The summed E-state index contributed by atoms with van der Waals surface area (Å²) in [6, 6.07) is 0. The molecule has 90 valence electrons. The Hall–Kier alpha value is -0.280. The maximum Gasteiger partial charge on any atom is 0.255 e. The molecule has 0 aromatic rings. The van der Waals surface area contributed by atoms with Crippen LogP contribution in [-0.2, 0) is 4.74 Å². The van der Waals surface area contributed by atoms with Crippen molar-refractivity contribution in [2.45, 2.75) is 37.3 Å². The molecule has 1 heterocycles. The van der Waals surface area contributed by atoms with E-state index in [-0.39, 0.29) is 6.54 Å². The predicted octanol–water partition coefficient (Wildman–Crippen LogP) is -3.28. The molecule has 0 bridgehead atoms. The highest BCUT2D eigenvalue weighted by Crippen LogP contribution is 2.25. The number of rotatable bonds is 3. The lowest BCUT2D eigenvalue weighted by Crippen LogP contribution is -2.70. The fourth-order valence-electron chi connectivity index (χ4n) is 1.55. The van der Waals surface area contributed by atoms with Gasteiger partial charge >= 0.3 is 0 Å². The third-order valence-corrected chi connectivity index (χ3v) is 2.40. The van der Waals surface area contributed by atoms with Crippen LogP contribution >= 0.6 is 0 Å². The number of hydrogen-bond acceptors (Lipinski definition) is 7. The summed E-state index contributed by atoms with van der Waals surface area (Å²) in [4.78, 5) is 0. The minimum absolute atomic E-state index is 0.286. The Labute approximate surface area is 86.9 Å². The van der Waals surface area contributed by atoms with E-state index in [1.54, 1.807) is 6.92 Å². The Balaban J connectivity index is 2.82. The molecule has 7 heteroatoms. The molecule has 0 spiro atoms. The van der Waals surface area contributed by atoms with Gasteiger partial charge in [-0.25, -0.2) is 0 Å². The number of ether oxygens (including phenoxy) is 1. The monoisotopic (exact) mass is 223 g/mol. The van der Waals surface area contributed by atoms with Crippen LogP contribution in [0.3, 0.4) is 0 Å². The topological polar surface area (TPSA) is 122 Å². The zero-order valence-electron chi connectivity index (χ0n) is 8.37. The fraction of sp³-hybridized carbons (Fsp3) is 1.00. The fourth-order valence-corrected chi connectivity index (χ4v) is 1.55. The first-order valence-electron chi connectivity index (χ1n) is 4.76. The second kappa shape index (κ2) is 4.71. The molecule has 0 amide bonds. The smallest absolute Gasteiger partial charge is 0.255 e. The Morgan fingerprint density at radius 1 is 1.27 bits per heavy atom. The second-order valence-electron chi connectivity index (χ2n) is 3.49. The van der Waals surface area contributed by atoms with Gasteiger partial charge in [-0.2, -0.15) is 0 Å². The van der Waals surface area contributed by atoms with E-state index in [1.165, 1.54) is 0 Å². The summed E-state index contributed by atoms with van der Waals surface area (Å²) >= 11 is 0. The van der Waals surface area contributed by atoms with Crippen LogP contribution in [0.1, 0.15) is 6.92 Å². The summed E-state index contributed by atoms with van der Waals surface area (Å²) in [5, 5.41) is 49.3. The van der Waals surface area contributed by atoms with Crippen LogP contribution in [0, 0.1) is 0 Å². The van der Waals surface area contributed by atoms with Crippen molar-refractivity contribution in [3.8, 4) is 0 Å². The van der Waals surface area contributed by atoms with E-state index in [1.807, 2.05) is 0 Å². The van der Waals surface area contributed by atoms with Gasteiger partial charge in [0.05, 0.1) is 6.61 Å². The molecule has 5 atom stereocenters. The molecule has 1 aliphatic rings. The standard InChI is InChI=1S/C8H17NO6/c1-2-9-8(14)7(13)6(12)5(11)4(3-10)15-8/h4-7,9-14H,2-3H2,1H3/t4-,5-,6+,7-,8?/m1/s1. The van der Waals surface area contributed by atoms with Gasteiger partial charge in [0, 0.05) is 0 Å². The molecule has 7 nitrogen and oxygen atoms in total. The summed E-state index contributed by atoms with van der Waals surface area (Å²) in [6.45, 7) is 1.38. The molecule has 0 radical (unpaired) electrons. The highest BCUT2D eigenvalue weighted by Gasteiger charge is 2.52. The molecule has 1 rings (SSSR count). The Morgan fingerprint density at radius 2 is 1.87 bits per heavy atom. The van der Waals surface area contributed by atoms with Gasteiger partial charge < -0.3 is 30.3 Å². The zero-order valence-corrected chi connectivity index (χ0v) is 8.37. The Bertz CT molecular complexity index is 213. The van der Waals surface area contributed by atoms with Crippen molar-refractivity contribution in [2.75, 3.05) is 13.2 Å². The lowest BCUT2D eigenvalue weighted by Gasteiger charge is -2.45. The highest BCUT2D eigenvalue weighted by molar-refractivity contribution is 4.94. The van der Waals surface area contributed by atoms with Crippen molar-refractivity contribution in [2.24, 2.45) is 0 Å². The Morgan fingerprint density at radius 3 is 2.33 bits per heavy atom. The van der Waals surface area contributed by atoms with Gasteiger partial charge in [-0.1, -0.05) is 6.92 Å². The second-order valence-corrected chi connectivity index (χ2v) is 3.49. The lowest BCUT2D eigenvalue weighted by atomic mass is 9.96. The van der Waals surface area contributed by atoms with Crippen molar-refractivity contribution in [1.82, 2.24) is 5.32 Å². The van der Waals surface area contributed by atoms with Gasteiger partial charge in [0.15, 0.2) is 6.10 Å². The molecule has 6 N–H and O–H groups in total. The average Bonchev–Trinajstić information content (AvgIpc) is 2.21. The molecule has 0 aromatic heterocycles. The first kappa shape index (κ1) is 12.8. The first-order valence-corrected chi connectivity index (χ1v) is 4.76. The van der Waals surface area contributed by atoms with Gasteiger partial charge in [-0.3, -0.25) is 5.32 Å². The number of aliphatic hydroxyl groups is 5. The van der Waals surface area contributed by atoms with E-state index >= 15 is 0 Å². The van der Waals surface area contributed by atoms with Crippen molar-refractivity contribution in [3.63, 3.8) is 0 Å². The summed E-state index contributed by atoms with van der Waals surface area (Å²) < 4.78 is 4.89. The van der Waals surface area contributed by atoms with Crippen LogP contribution in [0.2, 0.25) is 0 Å². The molecular formula is C8H17NO6. The van der Waals surface area contributed by atoms with Crippen molar-refractivity contribution < 1.29 is 30.3 Å². The summed E-state index contributed by atoms with van der Waals surface area (Å²) in [7, 11) is 0. The minimum atomic E-state index is -2.15. The number of aliphatic hydroxyl groups excluding tert-OH is 4. The molecule has 0 aromatic carbocycles. The molecule has 1 saturated heterocycles. The van der Waals surface area contributed by atoms with Crippen LogP contribution in [0.5, 0.6) is 0 Å². The van der Waals surface area contributed by atoms with E-state index in [0.717, 1.165) is 0 Å². The maximum absolute atomic E-state index is 9.76. The number of hydrogen-bond donors (Lipinski definition) is 6. The molecule has 0 saturated carbocycles. The van der Waals surface area contributed by atoms with E-state index < -0.39 is 36.9 Å². The van der Waals surface area contributed by atoms with Crippen LogP contribution in [0.25, 0.3) is 0 Å². The normalized spacial score (nSPS) is 46.8. The zero-order chi connectivity index (χ0) is 11.6. The van der Waals surface area contributed by atoms with Gasteiger partial charge in [0.2, 0.25) is 0 Å². The summed E-state index contributed by atoms with van der Waals surface area (Å²) in [6.07, 6.45) is -5.86. The molecule has 1 aliphatic heterocycles. The van der Waals surface area contributed by atoms with E-state index in [0.29, 0.717) is 0 Å². The van der Waals surface area contributed by atoms with Gasteiger partial charge in [0.1, 0.15) is 18.3 Å². The van der Waals surface area contributed by atoms with Crippen LogP contribution in [0.15, 0.2) is 0 Å². The van der Waals surface area contributed by atoms with Gasteiger partial charge in [-0.15, -0.1) is 0 Å². The molecule has 1 fully saturated rings. The Kier molecular flexibility index (Phi) is 4.01. The van der Waals surface area contributed by atoms with Crippen LogP contribution in [0.4, 0.5) is 0 Å². The molecule has 0 aliphatic carbocycles. The van der Waals surface area contributed by atoms with E-state index in [4.69, 9.17) is 9.84 Å². The molecule has 1 unspecified atom stereocenters. The molecule has 15 heavy (non-hydrogen) atoms. The summed E-state index contributed by atoms with van der Waals surface area (Å²) in [5.41, 5.74) is 0. The van der Waals surface area contributed by atoms with E-state index in [9.17, 15) is 20.4 Å². The van der Waals surface area contributed by atoms with Gasteiger partial charge in [-0.05, 0) is 6.54 Å².